The highest BCUT2D eigenvalue weighted by Gasteiger charge is 2.39. The topological polar surface area (TPSA) is 74.1 Å². The first-order chi connectivity index (χ1) is 15.6. The molecule has 0 bridgehead atoms. The summed E-state index contributed by atoms with van der Waals surface area (Å²) in [6, 6.07) is 13.6. The number of carbonyl (C=O) groups is 2. The average molecular weight is 492 g/mol. The zero-order chi connectivity index (χ0) is 22.2. The van der Waals surface area contributed by atoms with Crippen molar-refractivity contribution in [2.75, 3.05) is 6.61 Å². The Labute approximate surface area is 194 Å². The van der Waals surface area contributed by atoms with Crippen molar-refractivity contribution < 1.29 is 14.3 Å². The second-order valence-corrected chi connectivity index (χ2v) is 8.93. The van der Waals surface area contributed by atoms with Gasteiger partial charge in [0.25, 0.3) is 0 Å². The Morgan fingerprint density at radius 1 is 1.09 bits per heavy atom. The number of hydrogen-bond acceptors (Lipinski definition) is 5. The molecule has 0 saturated carbocycles. The Morgan fingerprint density at radius 2 is 1.91 bits per heavy atom. The summed E-state index contributed by atoms with van der Waals surface area (Å²) in [5.74, 6) is -0.681. The number of benzene rings is 2. The number of allylic oxidation sites excluding steroid dienone is 1. The third-order valence-corrected chi connectivity index (χ3v) is 6.79. The summed E-state index contributed by atoms with van der Waals surface area (Å²) in [4.78, 5) is 24.7. The number of rotatable bonds is 6. The molecule has 6 nitrogen and oxygen atoms in total. The molecule has 2 aromatic carbocycles. The number of carbonyl (C=O) groups excluding carboxylic acids is 2. The number of ether oxygens (including phenoxy) is 1. The summed E-state index contributed by atoms with van der Waals surface area (Å²) in [7, 11) is 0. The number of unbranched alkanes of at least 4 members (excludes halogenated alkanes) is 2. The summed E-state index contributed by atoms with van der Waals surface area (Å²) in [6.07, 6.45) is 6.66. The van der Waals surface area contributed by atoms with Crippen LogP contribution in [0, 0.1) is 0 Å². The van der Waals surface area contributed by atoms with Crippen LogP contribution in [-0.4, -0.2) is 33.2 Å². The van der Waals surface area contributed by atoms with Crippen LogP contribution < -0.4 is 0 Å². The zero-order valence-electron chi connectivity index (χ0n) is 17.7. The number of aryl methyl sites for hydroxylation is 1. The van der Waals surface area contributed by atoms with Crippen LogP contribution in [0.3, 0.4) is 0 Å². The molecule has 0 amide bonds. The van der Waals surface area contributed by atoms with Crippen molar-refractivity contribution in [3.05, 3.63) is 75.4 Å². The molecule has 5 rings (SSSR count). The van der Waals surface area contributed by atoms with Crippen molar-refractivity contribution >= 4 is 33.3 Å². The fraction of sp³-hybridized carbons (Fsp3) is 0.280. The maximum absolute atomic E-state index is 12.5. The largest absolute Gasteiger partial charge is 0.489 e. The minimum absolute atomic E-state index is 0.180. The van der Waals surface area contributed by atoms with Crippen molar-refractivity contribution in [1.29, 1.82) is 0 Å². The normalized spacial score (nSPS) is 17.4. The van der Waals surface area contributed by atoms with Crippen molar-refractivity contribution in [2.45, 2.75) is 38.6 Å². The van der Waals surface area contributed by atoms with E-state index in [1.807, 2.05) is 12.3 Å². The smallest absolute Gasteiger partial charge is 0.244 e. The van der Waals surface area contributed by atoms with Gasteiger partial charge in [0.05, 0.1) is 6.20 Å². The van der Waals surface area contributed by atoms with E-state index in [2.05, 4.69) is 57.4 Å². The van der Waals surface area contributed by atoms with Gasteiger partial charge >= 0.3 is 0 Å². The first-order valence-electron chi connectivity index (χ1n) is 10.8. The molecule has 1 atom stereocenters. The van der Waals surface area contributed by atoms with Crippen LogP contribution >= 0.6 is 15.9 Å². The number of aromatic nitrogens is 3. The quantitative estimate of drug-likeness (QED) is 0.353. The lowest BCUT2D eigenvalue weighted by Gasteiger charge is -2.31. The lowest BCUT2D eigenvalue weighted by Crippen LogP contribution is -2.30. The van der Waals surface area contributed by atoms with Gasteiger partial charge in [-0.1, -0.05) is 67.4 Å². The molecule has 0 N–H and O–H groups in total. The predicted molar refractivity (Wildman–Crippen MR) is 124 cm³/mol. The van der Waals surface area contributed by atoms with Crippen LogP contribution in [0.15, 0.2) is 53.1 Å². The molecular formula is C25H22BrN3O3. The molecule has 0 radical (unpaired) electrons. The molecule has 32 heavy (non-hydrogen) atoms. The molecule has 7 heteroatoms. The number of hydrogen-bond donors (Lipinski definition) is 0. The van der Waals surface area contributed by atoms with Gasteiger partial charge in [0, 0.05) is 16.7 Å². The summed E-state index contributed by atoms with van der Waals surface area (Å²) in [6.45, 7) is 2.50. The molecule has 1 aliphatic carbocycles. The lowest BCUT2D eigenvalue weighted by molar-refractivity contribution is -0.111. The Balaban J connectivity index is 1.45. The summed E-state index contributed by atoms with van der Waals surface area (Å²) in [5, 5.41) is 8.73. The van der Waals surface area contributed by atoms with Gasteiger partial charge in [-0.2, -0.15) is 0 Å². The van der Waals surface area contributed by atoms with Crippen molar-refractivity contribution in [2.24, 2.45) is 0 Å². The monoisotopic (exact) mass is 491 g/mol. The van der Waals surface area contributed by atoms with Crippen molar-refractivity contribution in [3.8, 4) is 11.3 Å². The molecule has 0 spiro atoms. The highest BCUT2D eigenvalue weighted by molar-refractivity contribution is 9.12. The summed E-state index contributed by atoms with van der Waals surface area (Å²) < 4.78 is 7.88. The molecule has 1 unspecified atom stereocenters. The summed E-state index contributed by atoms with van der Waals surface area (Å²) in [5.41, 5.74) is 5.04. The zero-order valence-corrected chi connectivity index (χ0v) is 19.3. The summed E-state index contributed by atoms with van der Waals surface area (Å²) >= 11 is 3.24. The van der Waals surface area contributed by atoms with Gasteiger partial charge in [-0.3, -0.25) is 9.59 Å². The number of halogens is 1. The van der Waals surface area contributed by atoms with Gasteiger partial charge < -0.3 is 4.74 Å². The second-order valence-electron chi connectivity index (χ2n) is 8.14. The van der Waals surface area contributed by atoms with E-state index in [1.54, 1.807) is 16.8 Å². The van der Waals surface area contributed by atoms with Gasteiger partial charge in [-0.15, -0.1) is 5.10 Å². The SMILES string of the molecule is CCCCCc1ccc(-c2cn(C3COC4=C(Br)C(=O)C(=O)c5cccc3c54)nn2)cc1. The number of nitrogens with zero attached hydrogens (tertiary/aromatic N) is 3. The Hall–Kier alpha value is -3.06. The lowest BCUT2D eigenvalue weighted by atomic mass is 9.86. The molecule has 1 aliphatic heterocycles. The highest BCUT2D eigenvalue weighted by atomic mass is 79.9. The van der Waals surface area contributed by atoms with Crippen LogP contribution in [0.2, 0.25) is 0 Å². The van der Waals surface area contributed by atoms with E-state index in [-0.39, 0.29) is 10.5 Å². The van der Waals surface area contributed by atoms with E-state index < -0.39 is 11.6 Å². The molecule has 162 valence electrons. The highest BCUT2D eigenvalue weighted by Crippen LogP contribution is 2.42. The molecule has 0 saturated heterocycles. The van der Waals surface area contributed by atoms with Crippen molar-refractivity contribution in [1.82, 2.24) is 15.0 Å². The molecule has 3 aromatic rings. The predicted octanol–water partition coefficient (Wildman–Crippen LogP) is 5.13. The van der Waals surface area contributed by atoms with Gasteiger partial charge in [0.1, 0.15) is 28.6 Å². The first-order valence-corrected chi connectivity index (χ1v) is 11.6. The standard InChI is InChI=1S/C25H22BrN3O3/c1-2-3-4-6-15-9-11-16(12-10-15)19-13-29(28-27-19)20-14-32-25-21-17(20)7-5-8-18(21)23(30)24(31)22(25)26/h5,7-13,20H,2-4,6,14H2,1H3. The molecule has 2 heterocycles. The fourth-order valence-electron chi connectivity index (χ4n) is 4.31. The second kappa shape index (κ2) is 8.47. The third kappa shape index (κ3) is 3.50. The number of Topliss-reactive ketones (excluding diaryl/α,β-unsaturated/α-hetero) is 2. The van der Waals surface area contributed by atoms with Crippen LogP contribution in [0.5, 0.6) is 0 Å². The Morgan fingerprint density at radius 3 is 2.69 bits per heavy atom. The fourth-order valence-corrected chi connectivity index (χ4v) is 4.81. The minimum atomic E-state index is -0.579. The van der Waals surface area contributed by atoms with E-state index in [0.717, 1.165) is 23.2 Å². The number of ketones is 2. The van der Waals surface area contributed by atoms with E-state index in [4.69, 9.17) is 4.74 Å². The van der Waals surface area contributed by atoms with Crippen LogP contribution in [0.25, 0.3) is 17.0 Å². The van der Waals surface area contributed by atoms with Gasteiger partial charge in [0.2, 0.25) is 11.6 Å². The van der Waals surface area contributed by atoms with E-state index in [1.165, 1.54) is 24.8 Å². The molecular weight excluding hydrogens is 470 g/mol. The maximum atomic E-state index is 12.5. The third-order valence-electron chi connectivity index (χ3n) is 6.07. The van der Waals surface area contributed by atoms with Gasteiger partial charge in [0.15, 0.2) is 0 Å². The minimum Gasteiger partial charge on any atom is -0.489 e. The first kappa shape index (κ1) is 20.8. The molecule has 2 aliphatic rings. The Bertz CT molecular complexity index is 1240. The van der Waals surface area contributed by atoms with E-state index in [9.17, 15) is 9.59 Å². The maximum Gasteiger partial charge on any atom is 0.244 e. The van der Waals surface area contributed by atoms with E-state index in [0.29, 0.717) is 23.5 Å². The van der Waals surface area contributed by atoms with Crippen LogP contribution in [-0.2, 0) is 16.0 Å². The molecule has 1 aromatic heterocycles. The van der Waals surface area contributed by atoms with Crippen molar-refractivity contribution in [3.63, 3.8) is 0 Å². The Kier molecular flexibility index (Phi) is 5.51. The van der Waals surface area contributed by atoms with Crippen LogP contribution in [0.1, 0.15) is 59.3 Å². The molecule has 0 fully saturated rings. The average Bonchev–Trinajstić information content (AvgIpc) is 3.31. The van der Waals surface area contributed by atoms with Crippen LogP contribution in [0.4, 0.5) is 0 Å². The van der Waals surface area contributed by atoms with E-state index >= 15 is 0 Å². The van der Waals surface area contributed by atoms with Gasteiger partial charge in [-0.25, -0.2) is 4.68 Å². The van der Waals surface area contributed by atoms with Gasteiger partial charge in [-0.05, 0) is 39.9 Å².